The van der Waals surface area contributed by atoms with E-state index in [0.717, 1.165) is 6.42 Å². The summed E-state index contributed by atoms with van der Waals surface area (Å²) in [6.45, 7) is 6.49. The molecule has 1 heterocycles. The molecular weight excluding hydrogens is 287 g/mol. The van der Waals surface area contributed by atoms with Gasteiger partial charge in [-0.1, -0.05) is 6.92 Å². The number of aliphatic hydroxyl groups is 1. The molecule has 2 amide bonds. The number of hydrogen-bond acceptors (Lipinski definition) is 3. The van der Waals surface area contributed by atoms with E-state index in [1.165, 1.54) is 17.0 Å². The van der Waals surface area contributed by atoms with Crippen LogP contribution in [0.1, 0.15) is 27.2 Å². The maximum Gasteiger partial charge on any atom is 0.322 e. The van der Waals surface area contributed by atoms with Crippen molar-refractivity contribution in [2.75, 3.05) is 18.4 Å². The zero-order valence-electron chi connectivity index (χ0n) is 13.2. The van der Waals surface area contributed by atoms with Crippen LogP contribution in [-0.4, -0.2) is 41.3 Å². The number of ether oxygens (including phenoxy) is 1. The monoisotopic (exact) mass is 310 g/mol. The van der Waals surface area contributed by atoms with Crippen molar-refractivity contribution in [3.8, 4) is 5.75 Å². The van der Waals surface area contributed by atoms with Crippen molar-refractivity contribution in [2.45, 2.75) is 39.4 Å². The molecule has 1 aromatic rings. The Morgan fingerprint density at radius 1 is 1.50 bits per heavy atom. The molecule has 2 atom stereocenters. The zero-order chi connectivity index (χ0) is 16.3. The summed E-state index contributed by atoms with van der Waals surface area (Å²) in [6, 6.07) is 3.95. The summed E-state index contributed by atoms with van der Waals surface area (Å²) in [4.78, 5) is 13.6. The van der Waals surface area contributed by atoms with Gasteiger partial charge in [-0.15, -0.1) is 0 Å². The van der Waals surface area contributed by atoms with E-state index in [1.54, 1.807) is 6.07 Å². The van der Waals surface area contributed by atoms with Crippen LogP contribution in [0.15, 0.2) is 18.2 Å². The largest absolute Gasteiger partial charge is 0.491 e. The van der Waals surface area contributed by atoms with E-state index in [-0.39, 0.29) is 24.3 Å². The van der Waals surface area contributed by atoms with Crippen molar-refractivity contribution in [1.29, 1.82) is 0 Å². The van der Waals surface area contributed by atoms with Crippen molar-refractivity contribution in [3.63, 3.8) is 0 Å². The zero-order valence-corrected chi connectivity index (χ0v) is 13.2. The van der Waals surface area contributed by atoms with Gasteiger partial charge in [-0.25, -0.2) is 9.18 Å². The first-order valence-electron chi connectivity index (χ1n) is 7.57. The Morgan fingerprint density at radius 2 is 2.23 bits per heavy atom. The average molecular weight is 310 g/mol. The van der Waals surface area contributed by atoms with Crippen molar-refractivity contribution in [1.82, 2.24) is 4.90 Å². The lowest BCUT2D eigenvalue weighted by atomic mass is 9.96. The van der Waals surface area contributed by atoms with Crippen LogP contribution in [0.25, 0.3) is 0 Å². The minimum Gasteiger partial charge on any atom is -0.491 e. The average Bonchev–Trinajstić information content (AvgIpc) is 2.44. The fraction of sp³-hybridized carbons (Fsp3) is 0.562. The fourth-order valence-electron chi connectivity index (χ4n) is 2.37. The quantitative estimate of drug-likeness (QED) is 0.902. The topological polar surface area (TPSA) is 61.8 Å². The molecule has 0 saturated carbocycles. The van der Waals surface area contributed by atoms with E-state index in [1.807, 2.05) is 20.8 Å². The van der Waals surface area contributed by atoms with Crippen LogP contribution in [0.3, 0.4) is 0 Å². The third kappa shape index (κ3) is 4.10. The highest BCUT2D eigenvalue weighted by molar-refractivity contribution is 5.89. The maximum atomic E-state index is 14.0. The first-order chi connectivity index (χ1) is 10.4. The number of likely N-dealkylation sites (tertiary alicyclic amines) is 1. The molecule has 5 nitrogen and oxygen atoms in total. The summed E-state index contributed by atoms with van der Waals surface area (Å²) < 4.78 is 19.4. The molecule has 2 rings (SSSR count). The molecule has 1 aliphatic heterocycles. The summed E-state index contributed by atoms with van der Waals surface area (Å²) in [6.07, 6.45) is 0.154. The highest BCUT2D eigenvalue weighted by atomic mass is 19.1. The molecule has 0 radical (unpaired) electrons. The summed E-state index contributed by atoms with van der Waals surface area (Å²) in [5.41, 5.74) is 0.106. The summed E-state index contributed by atoms with van der Waals surface area (Å²) in [7, 11) is 0. The van der Waals surface area contributed by atoms with Crippen LogP contribution < -0.4 is 10.1 Å². The Balaban J connectivity index is 1.99. The maximum absolute atomic E-state index is 14.0. The molecule has 2 unspecified atom stereocenters. The number of anilines is 1. The van der Waals surface area contributed by atoms with Gasteiger partial charge in [-0.05, 0) is 38.3 Å². The van der Waals surface area contributed by atoms with Gasteiger partial charge in [0.1, 0.15) is 11.6 Å². The lowest BCUT2D eigenvalue weighted by molar-refractivity contribution is 0.0463. The smallest absolute Gasteiger partial charge is 0.322 e. The molecule has 1 aliphatic rings. The van der Waals surface area contributed by atoms with E-state index in [9.17, 15) is 14.3 Å². The molecular formula is C16H23FN2O3. The van der Waals surface area contributed by atoms with Crippen molar-refractivity contribution >= 4 is 11.7 Å². The lowest BCUT2D eigenvalue weighted by Gasteiger charge is -2.34. The van der Waals surface area contributed by atoms with Gasteiger partial charge in [-0.3, -0.25) is 0 Å². The highest BCUT2D eigenvalue weighted by Gasteiger charge is 2.27. The first-order valence-corrected chi connectivity index (χ1v) is 7.57. The molecule has 22 heavy (non-hydrogen) atoms. The standard InChI is InChI=1S/C16H23FN2O3/c1-10(2)22-12-4-5-14(13(17)8-12)18-16(21)19-7-6-11(3)15(20)9-19/h4-5,8,10-11,15,20H,6-7,9H2,1-3H3,(H,18,21). The van der Waals surface area contributed by atoms with Gasteiger partial charge in [0.05, 0.1) is 17.9 Å². The van der Waals surface area contributed by atoms with Crippen LogP contribution >= 0.6 is 0 Å². The Hall–Kier alpha value is -1.82. The molecule has 122 valence electrons. The van der Waals surface area contributed by atoms with E-state index in [4.69, 9.17) is 4.74 Å². The normalized spacial score (nSPS) is 21.8. The SMILES string of the molecule is CC(C)Oc1ccc(NC(=O)N2CCC(C)C(O)C2)c(F)c1. The molecule has 1 aromatic carbocycles. The minimum atomic E-state index is -0.544. The van der Waals surface area contributed by atoms with Gasteiger partial charge in [0.2, 0.25) is 0 Å². The number of piperidine rings is 1. The molecule has 1 fully saturated rings. The van der Waals surface area contributed by atoms with E-state index in [0.29, 0.717) is 12.3 Å². The molecule has 0 spiro atoms. The molecule has 0 aliphatic carbocycles. The first kappa shape index (κ1) is 16.5. The number of nitrogens with one attached hydrogen (secondary N) is 1. The number of urea groups is 1. The number of halogens is 1. The third-order valence-corrected chi connectivity index (χ3v) is 3.76. The van der Waals surface area contributed by atoms with E-state index >= 15 is 0 Å². The fourth-order valence-corrected chi connectivity index (χ4v) is 2.37. The highest BCUT2D eigenvalue weighted by Crippen LogP contribution is 2.23. The second-order valence-corrected chi connectivity index (χ2v) is 6.02. The Bertz CT molecular complexity index is 536. The van der Waals surface area contributed by atoms with Gasteiger partial charge >= 0.3 is 6.03 Å². The second kappa shape index (κ2) is 6.96. The summed E-state index contributed by atoms with van der Waals surface area (Å²) >= 11 is 0. The van der Waals surface area contributed by atoms with Crippen LogP contribution in [-0.2, 0) is 0 Å². The number of β-amino-alcohol motifs (C(OH)–C–C–N with tert-alkyl or cyclic N) is 1. The van der Waals surface area contributed by atoms with E-state index < -0.39 is 18.0 Å². The van der Waals surface area contributed by atoms with Crippen LogP contribution in [0.2, 0.25) is 0 Å². The minimum absolute atomic E-state index is 0.0448. The summed E-state index contributed by atoms with van der Waals surface area (Å²) in [5, 5.41) is 12.4. The predicted octanol–water partition coefficient (Wildman–Crippen LogP) is 2.85. The predicted molar refractivity (Wildman–Crippen MR) is 82.5 cm³/mol. The van der Waals surface area contributed by atoms with Crippen LogP contribution in [0.4, 0.5) is 14.9 Å². The number of carbonyl (C=O) groups is 1. The second-order valence-electron chi connectivity index (χ2n) is 6.02. The molecule has 1 saturated heterocycles. The number of rotatable bonds is 3. The number of benzene rings is 1. The van der Waals surface area contributed by atoms with Gasteiger partial charge in [0.25, 0.3) is 0 Å². The Morgan fingerprint density at radius 3 is 2.82 bits per heavy atom. The molecule has 6 heteroatoms. The number of carbonyl (C=O) groups excluding carboxylic acids is 1. The number of aliphatic hydroxyl groups excluding tert-OH is 1. The van der Waals surface area contributed by atoms with Gasteiger partial charge in [-0.2, -0.15) is 0 Å². The number of amides is 2. The summed E-state index contributed by atoms with van der Waals surface area (Å²) in [5.74, 6) is 0.0541. The van der Waals surface area contributed by atoms with Crippen molar-refractivity contribution in [3.05, 3.63) is 24.0 Å². The van der Waals surface area contributed by atoms with Crippen LogP contribution in [0, 0.1) is 11.7 Å². The molecule has 0 bridgehead atoms. The number of hydrogen-bond donors (Lipinski definition) is 2. The van der Waals surface area contributed by atoms with Gasteiger partial charge in [0, 0.05) is 19.2 Å². The molecule has 2 N–H and O–H groups in total. The Kier molecular flexibility index (Phi) is 5.24. The van der Waals surface area contributed by atoms with Gasteiger partial charge in [0.15, 0.2) is 0 Å². The van der Waals surface area contributed by atoms with Crippen molar-refractivity contribution in [2.24, 2.45) is 5.92 Å². The Labute approximate surface area is 130 Å². The van der Waals surface area contributed by atoms with Crippen LogP contribution in [0.5, 0.6) is 5.75 Å². The van der Waals surface area contributed by atoms with Gasteiger partial charge < -0.3 is 20.1 Å². The number of nitrogens with zero attached hydrogens (tertiary/aromatic N) is 1. The van der Waals surface area contributed by atoms with E-state index in [2.05, 4.69) is 5.32 Å². The van der Waals surface area contributed by atoms with Crippen molar-refractivity contribution < 1.29 is 19.0 Å². The lowest BCUT2D eigenvalue weighted by Crippen LogP contribution is -2.47. The third-order valence-electron chi connectivity index (χ3n) is 3.76. The molecule has 0 aromatic heterocycles.